The molecule has 1 aliphatic rings. The molecule has 4 rings (SSSR count). The Morgan fingerprint density at radius 3 is 2.96 bits per heavy atom. The fourth-order valence-corrected chi connectivity index (χ4v) is 4.02. The number of thiophene rings is 1. The molecule has 0 N–H and O–H groups in total. The van der Waals surface area contributed by atoms with Gasteiger partial charge in [-0.25, -0.2) is 9.40 Å². The van der Waals surface area contributed by atoms with Gasteiger partial charge in [-0.05, 0) is 57.7 Å². The van der Waals surface area contributed by atoms with Gasteiger partial charge in [-0.3, -0.25) is 4.79 Å². The van der Waals surface area contributed by atoms with Crippen molar-refractivity contribution in [1.82, 2.24) is 5.01 Å². The number of hydrazone groups is 1. The highest BCUT2D eigenvalue weighted by molar-refractivity contribution is 9.10. The van der Waals surface area contributed by atoms with Gasteiger partial charge in [0.1, 0.15) is 23.4 Å². The number of carbonyl (C=O) groups is 1. The third-order valence-electron chi connectivity index (χ3n) is 4.09. The number of furan rings is 1. The summed E-state index contributed by atoms with van der Waals surface area (Å²) in [7, 11) is 0. The highest BCUT2D eigenvalue weighted by Gasteiger charge is 2.35. The average Bonchev–Trinajstić information content (AvgIpc) is 3.40. The van der Waals surface area contributed by atoms with Crippen LogP contribution >= 0.6 is 27.3 Å². The van der Waals surface area contributed by atoms with Crippen molar-refractivity contribution in [2.75, 3.05) is 6.61 Å². The third-order valence-corrected chi connectivity index (χ3v) is 5.63. The lowest BCUT2D eigenvalue weighted by atomic mass is 10.1. The Kier molecular flexibility index (Phi) is 5.09. The molecule has 8 heteroatoms. The van der Waals surface area contributed by atoms with Crippen LogP contribution < -0.4 is 4.74 Å². The molecule has 1 amide bonds. The Bertz CT molecular complexity index is 973. The van der Waals surface area contributed by atoms with Gasteiger partial charge in [-0.15, -0.1) is 11.3 Å². The number of halogens is 2. The lowest BCUT2D eigenvalue weighted by Gasteiger charge is -2.20. The summed E-state index contributed by atoms with van der Waals surface area (Å²) in [6.07, 6.45) is 2.15. The minimum absolute atomic E-state index is 0.220. The molecule has 3 heterocycles. The van der Waals surface area contributed by atoms with Crippen LogP contribution in [-0.4, -0.2) is 23.2 Å². The van der Waals surface area contributed by atoms with Gasteiger partial charge in [-0.2, -0.15) is 5.10 Å². The van der Waals surface area contributed by atoms with Crippen LogP contribution in [0.15, 0.2) is 68.1 Å². The molecular weight excluding hydrogens is 435 g/mol. The van der Waals surface area contributed by atoms with Crippen molar-refractivity contribution in [3.63, 3.8) is 0 Å². The van der Waals surface area contributed by atoms with E-state index in [4.69, 9.17) is 9.15 Å². The molecule has 138 valence electrons. The molecule has 5 nitrogen and oxygen atoms in total. The van der Waals surface area contributed by atoms with Crippen molar-refractivity contribution in [2.24, 2.45) is 5.10 Å². The minimum Gasteiger partial charge on any atom is -0.483 e. The predicted octanol–water partition coefficient (Wildman–Crippen LogP) is 5.00. The van der Waals surface area contributed by atoms with E-state index in [9.17, 15) is 9.18 Å². The van der Waals surface area contributed by atoms with E-state index < -0.39 is 0 Å². The summed E-state index contributed by atoms with van der Waals surface area (Å²) < 4.78 is 24.7. The smallest absolute Gasteiger partial charge is 0.281 e. The van der Waals surface area contributed by atoms with Crippen LogP contribution in [0.3, 0.4) is 0 Å². The van der Waals surface area contributed by atoms with Gasteiger partial charge >= 0.3 is 0 Å². The van der Waals surface area contributed by atoms with Crippen LogP contribution in [-0.2, 0) is 4.79 Å². The molecule has 0 aliphatic carbocycles. The van der Waals surface area contributed by atoms with Crippen molar-refractivity contribution in [3.05, 3.63) is 75.0 Å². The zero-order valence-corrected chi connectivity index (χ0v) is 16.4. The van der Waals surface area contributed by atoms with Gasteiger partial charge in [0.25, 0.3) is 5.91 Å². The van der Waals surface area contributed by atoms with E-state index in [0.29, 0.717) is 22.4 Å². The average molecular weight is 449 g/mol. The molecule has 0 saturated carbocycles. The number of ether oxygens (including phenoxy) is 1. The van der Waals surface area contributed by atoms with E-state index in [-0.39, 0.29) is 24.4 Å². The van der Waals surface area contributed by atoms with Crippen LogP contribution in [0.1, 0.15) is 23.1 Å². The zero-order chi connectivity index (χ0) is 18.8. The number of carbonyl (C=O) groups excluding carboxylic acids is 1. The largest absolute Gasteiger partial charge is 0.483 e. The fourth-order valence-electron chi connectivity index (χ4n) is 2.83. The summed E-state index contributed by atoms with van der Waals surface area (Å²) in [6.45, 7) is -0.220. The second-order valence-corrected chi connectivity index (χ2v) is 7.66. The first-order valence-corrected chi connectivity index (χ1v) is 9.84. The van der Waals surface area contributed by atoms with E-state index in [0.717, 1.165) is 10.6 Å². The second-order valence-electron chi connectivity index (χ2n) is 5.86. The lowest BCUT2D eigenvalue weighted by Crippen LogP contribution is -2.31. The maximum atomic E-state index is 13.2. The summed E-state index contributed by atoms with van der Waals surface area (Å²) in [6, 6.07) is 11.3. The number of hydrogen-bond donors (Lipinski definition) is 0. The molecule has 0 spiro atoms. The monoisotopic (exact) mass is 448 g/mol. The van der Waals surface area contributed by atoms with Crippen LogP contribution in [0.4, 0.5) is 4.39 Å². The van der Waals surface area contributed by atoms with Gasteiger partial charge in [0.15, 0.2) is 6.61 Å². The zero-order valence-electron chi connectivity index (χ0n) is 14.0. The summed E-state index contributed by atoms with van der Waals surface area (Å²) >= 11 is 4.80. The highest BCUT2D eigenvalue weighted by atomic mass is 79.9. The Labute approximate surface area is 167 Å². The van der Waals surface area contributed by atoms with Gasteiger partial charge in [0.05, 0.1) is 21.3 Å². The number of benzene rings is 1. The molecular formula is C19H14BrFN2O3S. The summed E-state index contributed by atoms with van der Waals surface area (Å²) in [4.78, 5) is 13.8. The van der Waals surface area contributed by atoms with Crippen molar-refractivity contribution in [2.45, 2.75) is 12.5 Å². The van der Waals surface area contributed by atoms with E-state index in [1.807, 2.05) is 23.6 Å². The quantitative estimate of drug-likeness (QED) is 0.551. The van der Waals surface area contributed by atoms with Gasteiger partial charge in [-0.1, -0.05) is 6.07 Å². The first kappa shape index (κ1) is 17.9. The van der Waals surface area contributed by atoms with E-state index >= 15 is 0 Å². The highest BCUT2D eigenvalue weighted by Crippen LogP contribution is 2.34. The minimum atomic E-state index is -0.386. The van der Waals surface area contributed by atoms with E-state index in [2.05, 4.69) is 21.0 Å². The van der Waals surface area contributed by atoms with E-state index in [1.165, 1.54) is 23.2 Å². The molecule has 1 atom stereocenters. The summed E-state index contributed by atoms with van der Waals surface area (Å²) in [5.74, 6) is 0.366. The number of nitrogens with zero attached hydrogens (tertiary/aromatic N) is 2. The number of hydrogen-bond acceptors (Lipinski definition) is 5. The maximum absolute atomic E-state index is 13.2. The Morgan fingerprint density at radius 2 is 2.26 bits per heavy atom. The van der Waals surface area contributed by atoms with Gasteiger partial charge in [0.2, 0.25) is 0 Å². The molecule has 0 bridgehead atoms. The number of rotatable bonds is 5. The number of amides is 1. The molecule has 2 aromatic heterocycles. The topological polar surface area (TPSA) is 55.0 Å². The van der Waals surface area contributed by atoms with Gasteiger partial charge < -0.3 is 9.15 Å². The van der Waals surface area contributed by atoms with Gasteiger partial charge in [0, 0.05) is 6.42 Å². The van der Waals surface area contributed by atoms with Crippen molar-refractivity contribution < 1.29 is 18.3 Å². The second kappa shape index (κ2) is 7.66. The van der Waals surface area contributed by atoms with Crippen molar-refractivity contribution in [1.29, 1.82) is 0 Å². The molecule has 27 heavy (non-hydrogen) atoms. The lowest BCUT2D eigenvalue weighted by molar-refractivity contribution is -0.135. The molecule has 0 radical (unpaired) electrons. The molecule has 3 aromatic rings. The fraction of sp³-hybridized carbons (Fsp3) is 0.158. The van der Waals surface area contributed by atoms with Crippen LogP contribution in [0.2, 0.25) is 0 Å². The first-order valence-electron chi connectivity index (χ1n) is 8.16. The van der Waals surface area contributed by atoms with Crippen molar-refractivity contribution in [3.8, 4) is 5.75 Å². The first-order chi connectivity index (χ1) is 13.1. The molecule has 1 aliphatic heterocycles. The molecule has 1 aromatic carbocycles. The predicted molar refractivity (Wildman–Crippen MR) is 103 cm³/mol. The van der Waals surface area contributed by atoms with Crippen LogP contribution in [0.25, 0.3) is 0 Å². The third kappa shape index (κ3) is 3.81. The van der Waals surface area contributed by atoms with Crippen LogP contribution in [0.5, 0.6) is 5.75 Å². The Balaban J connectivity index is 1.53. The molecule has 0 fully saturated rings. The summed E-state index contributed by atoms with van der Waals surface area (Å²) in [5.41, 5.74) is 0.836. The summed E-state index contributed by atoms with van der Waals surface area (Å²) in [5, 5.41) is 7.90. The molecule has 0 saturated heterocycles. The molecule has 1 unspecified atom stereocenters. The Hall–Kier alpha value is -2.45. The maximum Gasteiger partial charge on any atom is 0.281 e. The normalized spacial score (nSPS) is 16.4. The standard InChI is InChI=1S/C19H14BrFN2O3S/c20-13-9-12(21)5-6-16(13)26-11-19(24)23-15(17-3-1-7-25-17)10-14(22-23)18-4-2-8-27-18/h1-9,15H,10-11H2. The van der Waals surface area contributed by atoms with E-state index in [1.54, 1.807) is 23.7 Å². The van der Waals surface area contributed by atoms with Crippen molar-refractivity contribution >= 4 is 38.9 Å². The van der Waals surface area contributed by atoms with Crippen LogP contribution in [0, 0.1) is 5.82 Å². The Morgan fingerprint density at radius 1 is 1.37 bits per heavy atom. The SMILES string of the molecule is O=C(COc1ccc(F)cc1Br)N1N=C(c2cccs2)CC1c1ccco1.